The molecule has 11 heteroatoms. The van der Waals surface area contributed by atoms with Crippen LogP contribution in [0.25, 0.3) is 12.2 Å². The maximum absolute atomic E-state index is 12.4. The molecule has 11 nitrogen and oxygen atoms in total. The van der Waals surface area contributed by atoms with Crippen molar-refractivity contribution in [3.63, 3.8) is 0 Å². The van der Waals surface area contributed by atoms with Gasteiger partial charge in [0.2, 0.25) is 11.9 Å². The Morgan fingerprint density at radius 1 is 0.816 bits per heavy atom. The summed E-state index contributed by atoms with van der Waals surface area (Å²) in [7, 11) is 0. The highest BCUT2D eigenvalue weighted by Gasteiger charge is 2.25. The summed E-state index contributed by atoms with van der Waals surface area (Å²) in [5, 5.41) is 47.4. The van der Waals surface area contributed by atoms with Crippen molar-refractivity contribution in [2.45, 2.75) is 12.5 Å². The zero-order valence-electron chi connectivity index (χ0n) is 19.4. The van der Waals surface area contributed by atoms with Crippen molar-refractivity contribution in [3.8, 4) is 34.5 Å². The summed E-state index contributed by atoms with van der Waals surface area (Å²) in [5.74, 6) is -4.51. The monoisotopic (exact) mass is 520 g/mol. The number of esters is 2. The van der Waals surface area contributed by atoms with Crippen LogP contribution in [0.1, 0.15) is 16.7 Å². The third-order valence-corrected chi connectivity index (χ3v) is 5.30. The Morgan fingerprint density at radius 2 is 1.50 bits per heavy atom. The lowest BCUT2D eigenvalue weighted by atomic mass is 10.1. The molecule has 1 aliphatic rings. The maximum atomic E-state index is 12.4. The Bertz CT molecular complexity index is 1490. The average Bonchev–Trinajstić information content (AvgIpc) is 2.87. The number of aromatic hydroxyl groups is 4. The van der Waals surface area contributed by atoms with Gasteiger partial charge in [-0.15, -0.1) is 0 Å². The number of phenols is 4. The number of ether oxygens (including phenoxy) is 3. The zero-order valence-corrected chi connectivity index (χ0v) is 19.4. The van der Waals surface area contributed by atoms with Crippen molar-refractivity contribution in [2.24, 2.45) is 0 Å². The fourth-order valence-electron chi connectivity index (χ4n) is 3.41. The molecule has 3 aromatic rings. The number of carbonyl (C=O) groups excluding carboxylic acids is 2. The van der Waals surface area contributed by atoms with Gasteiger partial charge in [-0.25, -0.2) is 14.4 Å². The van der Waals surface area contributed by atoms with Gasteiger partial charge in [-0.05, 0) is 65.2 Å². The fraction of sp³-hybridized carbons (Fsp3) is 0.0741. The van der Waals surface area contributed by atoms with Gasteiger partial charge in [0.1, 0.15) is 0 Å². The highest BCUT2D eigenvalue weighted by Crippen LogP contribution is 2.35. The van der Waals surface area contributed by atoms with E-state index in [4.69, 9.17) is 14.2 Å². The number of aliphatic carboxylic acids is 1. The molecule has 0 saturated carbocycles. The van der Waals surface area contributed by atoms with Crippen molar-refractivity contribution in [3.05, 3.63) is 83.1 Å². The average molecular weight is 520 g/mol. The second kappa shape index (κ2) is 10.7. The van der Waals surface area contributed by atoms with E-state index in [2.05, 4.69) is 0 Å². The molecular formula is C27H20O11. The first-order valence-corrected chi connectivity index (χ1v) is 11.0. The van der Waals surface area contributed by atoms with Crippen LogP contribution in [0.5, 0.6) is 34.5 Å². The second-order valence-corrected chi connectivity index (χ2v) is 8.08. The number of hydrogen-bond donors (Lipinski definition) is 5. The topological polar surface area (TPSA) is 180 Å². The summed E-state index contributed by atoms with van der Waals surface area (Å²) < 4.78 is 15.9. The number of phenolic OH excluding ortho intramolecular Hbond substituents is 4. The molecule has 1 aliphatic heterocycles. The van der Waals surface area contributed by atoms with Crippen molar-refractivity contribution in [1.29, 1.82) is 0 Å². The van der Waals surface area contributed by atoms with Gasteiger partial charge >= 0.3 is 17.9 Å². The SMILES string of the molecule is O=C(C=Cc1ccc2c(c1)OC(=O)C(=Cc1ccc(O)c(O)c1)O2)O[C@H](Cc1ccc(O)c(O)c1)C(=O)O. The Kier molecular flexibility index (Phi) is 7.19. The third kappa shape index (κ3) is 6.02. The smallest absolute Gasteiger partial charge is 0.379 e. The van der Waals surface area contributed by atoms with E-state index in [0.717, 1.165) is 6.08 Å². The normalized spacial score (nSPS) is 14.4. The quantitative estimate of drug-likeness (QED) is 0.134. The van der Waals surface area contributed by atoms with Crippen LogP contribution < -0.4 is 9.47 Å². The summed E-state index contributed by atoms with van der Waals surface area (Å²) in [6.45, 7) is 0. The van der Waals surface area contributed by atoms with Crippen molar-refractivity contribution in [1.82, 2.24) is 0 Å². The van der Waals surface area contributed by atoms with E-state index < -0.39 is 29.8 Å². The largest absolute Gasteiger partial charge is 0.504 e. The van der Waals surface area contributed by atoms with Gasteiger partial charge in [-0.2, -0.15) is 0 Å². The number of fused-ring (bicyclic) bond motifs is 1. The molecule has 0 amide bonds. The van der Waals surface area contributed by atoms with Crippen LogP contribution in [-0.4, -0.2) is 49.5 Å². The molecule has 0 spiro atoms. The van der Waals surface area contributed by atoms with Crippen molar-refractivity contribution in [2.75, 3.05) is 0 Å². The van der Waals surface area contributed by atoms with E-state index in [0.29, 0.717) is 16.7 Å². The first-order chi connectivity index (χ1) is 18.1. The molecule has 0 aliphatic carbocycles. The molecular weight excluding hydrogens is 500 g/mol. The molecule has 0 fully saturated rings. The first-order valence-electron chi connectivity index (χ1n) is 11.0. The molecule has 38 heavy (non-hydrogen) atoms. The minimum Gasteiger partial charge on any atom is -0.504 e. The van der Waals surface area contributed by atoms with Crippen LogP contribution in [0.3, 0.4) is 0 Å². The van der Waals surface area contributed by atoms with Gasteiger partial charge in [0.05, 0.1) is 0 Å². The van der Waals surface area contributed by atoms with Gasteiger partial charge < -0.3 is 39.7 Å². The van der Waals surface area contributed by atoms with Gasteiger partial charge in [0, 0.05) is 12.5 Å². The van der Waals surface area contributed by atoms with Crippen LogP contribution in [0.15, 0.2) is 66.4 Å². The van der Waals surface area contributed by atoms with Crippen LogP contribution in [-0.2, 0) is 25.5 Å². The highest BCUT2D eigenvalue weighted by atomic mass is 16.6. The van der Waals surface area contributed by atoms with Crippen molar-refractivity contribution >= 4 is 30.1 Å². The van der Waals surface area contributed by atoms with Gasteiger partial charge in [0.15, 0.2) is 34.5 Å². The van der Waals surface area contributed by atoms with Crippen LogP contribution in [0.2, 0.25) is 0 Å². The zero-order chi connectivity index (χ0) is 27.4. The lowest BCUT2D eigenvalue weighted by Crippen LogP contribution is -2.28. The molecule has 1 atom stereocenters. The summed E-state index contributed by atoms with van der Waals surface area (Å²) in [6, 6.07) is 12.2. The van der Waals surface area contributed by atoms with E-state index in [9.17, 15) is 39.9 Å². The lowest BCUT2D eigenvalue weighted by molar-refractivity contribution is -0.160. The number of carboxylic acids is 1. The molecule has 0 bridgehead atoms. The number of rotatable bonds is 7. The highest BCUT2D eigenvalue weighted by molar-refractivity contribution is 5.95. The molecule has 0 aromatic heterocycles. The fourth-order valence-corrected chi connectivity index (χ4v) is 3.41. The van der Waals surface area contributed by atoms with E-state index in [1.807, 2.05) is 0 Å². The van der Waals surface area contributed by atoms with Crippen LogP contribution in [0.4, 0.5) is 0 Å². The molecule has 3 aromatic carbocycles. The standard InChI is InChI=1S/C27H20O11/c28-17-5-1-15(9-19(17)30)12-23(26(33)34)37-25(32)8-4-14-3-7-21-22(11-14)38-27(35)24(36-21)13-16-2-6-18(29)20(31)10-16/h1-11,13,23,28-31H,12H2,(H,33,34)/t23-/m1/s1. The molecule has 0 saturated heterocycles. The molecule has 0 unspecified atom stereocenters. The number of carboxylic acid groups (broad SMARTS) is 1. The van der Waals surface area contributed by atoms with Crippen LogP contribution in [0, 0.1) is 0 Å². The van der Waals surface area contributed by atoms with Gasteiger partial charge in [-0.1, -0.05) is 18.2 Å². The predicted octanol–water partition coefficient (Wildman–Crippen LogP) is 3.10. The summed E-state index contributed by atoms with van der Waals surface area (Å²) in [6.07, 6.45) is 1.86. The summed E-state index contributed by atoms with van der Waals surface area (Å²) in [4.78, 5) is 36.1. The Hall–Kier alpha value is -5.45. The summed E-state index contributed by atoms with van der Waals surface area (Å²) >= 11 is 0. The number of carbonyl (C=O) groups is 3. The molecule has 194 valence electrons. The number of benzene rings is 3. The first kappa shape index (κ1) is 25.6. The second-order valence-electron chi connectivity index (χ2n) is 8.08. The lowest BCUT2D eigenvalue weighted by Gasteiger charge is -2.19. The molecule has 4 rings (SSSR count). The van der Waals surface area contributed by atoms with E-state index in [1.165, 1.54) is 60.7 Å². The Morgan fingerprint density at radius 3 is 2.18 bits per heavy atom. The van der Waals surface area contributed by atoms with Gasteiger partial charge in [-0.3, -0.25) is 0 Å². The van der Waals surface area contributed by atoms with Crippen LogP contribution >= 0.6 is 0 Å². The van der Waals surface area contributed by atoms with E-state index >= 15 is 0 Å². The Labute approximate surface area is 214 Å². The van der Waals surface area contributed by atoms with E-state index in [1.54, 1.807) is 6.07 Å². The maximum Gasteiger partial charge on any atom is 0.379 e. The number of hydrogen-bond acceptors (Lipinski definition) is 10. The summed E-state index contributed by atoms with van der Waals surface area (Å²) in [5.41, 5.74) is 1.13. The van der Waals surface area contributed by atoms with Crippen molar-refractivity contribution < 1.29 is 54.1 Å². The molecule has 1 heterocycles. The third-order valence-electron chi connectivity index (χ3n) is 5.30. The minimum atomic E-state index is -1.55. The van der Waals surface area contributed by atoms with Gasteiger partial charge in [0.25, 0.3) is 0 Å². The minimum absolute atomic E-state index is 0.0757. The van der Waals surface area contributed by atoms with E-state index in [-0.39, 0.29) is 40.9 Å². The Balaban J connectivity index is 1.42. The predicted molar refractivity (Wildman–Crippen MR) is 130 cm³/mol. The molecule has 0 radical (unpaired) electrons. The molecule has 5 N–H and O–H groups in total.